The van der Waals surface area contributed by atoms with Gasteiger partial charge in [0.1, 0.15) is 0 Å². The molecule has 2 N–H and O–H groups in total. The third kappa shape index (κ3) is 1.70. The van der Waals surface area contributed by atoms with Gasteiger partial charge in [0, 0.05) is 11.4 Å². The second-order valence-corrected chi connectivity index (χ2v) is 3.76. The Bertz CT molecular complexity index is 451. The van der Waals surface area contributed by atoms with Crippen LogP contribution in [0.25, 0.3) is 0 Å². The zero-order valence-corrected chi connectivity index (χ0v) is 8.82. The van der Waals surface area contributed by atoms with Crippen LogP contribution in [0.15, 0.2) is 23.3 Å². The number of aryl methyl sites for hydroxylation is 1. The van der Waals surface area contributed by atoms with Gasteiger partial charge in [-0.2, -0.15) is 5.10 Å². The van der Waals surface area contributed by atoms with E-state index in [1.165, 1.54) is 5.01 Å². The molecule has 0 spiro atoms. The second-order valence-electron chi connectivity index (χ2n) is 3.76. The molecular formula is C11H13N3O. The van der Waals surface area contributed by atoms with E-state index in [9.17, 15) is 4.79 Å². The number of benzene rings is 1. The summed E-state index contributed by atoms with van der Waals surface area (Å²) < 4.78 is 0. The molecule has 15 heavy (non-hydrogen) atoms. The quantitative estimate of drug-likeness (QED) is 0.706. The summed E-state index contributed by atoms with van der Waals surface area (Å²) in [5, 5.41) is 5.62. The fourth-order valence-electron chi connectivity index (χ4n) is 1.60. The summed E-state index contributed by atoms with van der Waals surface area (Å²) in [6.45, 7) is 3.78. The molecule has 0 bridgehead atoms. The molecule has 0 aromatic heterocycles. The molecule has 0 atom stereocenters. The Morgan fingerprint density at radius 1 is 1.40 bits per heavy atom. The van der Waals surface area contributed by atoms with Crippen molar-refractivity contribution >= 4 is 23.0 Å². The lowest BCUT2D eigenvalue weighted by atomic mass is 10.1. The molecule has 2 rings (SSSR count). The average Bonchev–Trinajstić information content (AvgIpc) is 2.50. The summed E-state index contributed by atoms with van der Waals surface area (Å²) in [7, 11) is 0. The highest BCUT2D eigenvalue weighted by atomic mass is 16.2. The van der Waals surface area contributed by atoms with Gasteiger partial charge in [0.2, 0.25) is 0 Å². The Balaban J connectivity index is 2.45. The fourth-order valence-corrected chi connectivity index (χ4v) is 1.60. The van der Waals surface area contributed by atoms with E-state index < -0.39 is 0 Å². The molecule has 4 nitrogen and oxygen atoms in total. The Morgan fingerprint density at radius 2 is 2.13 bits per heavy atom. The lowest BCUT2D eigenvalue weighted by molar-refractivity contribution is -0.116. The Hall–Kier alpha value is -1.84. The van der Waals surface area contributed by atoms with Crippen LogP contribution < -0.4 is 10.7 Å². The van der Waals surface area contributed by atoms with Crippen LogP contribution in [-0.2, 0) is 4.79 Å². The number of carbonyl (C=O) groups excluding carboxylic acids is 1. The number of hydrogen-bond acceptors (Lipinski definition) is 3. The van der Waals surface area contributed by atoms with Crippen LogP contribution in [0.2, 0.25) is 0 Å². The fraction of sp³-hybridized carbons (Fsp3) is 0.273. The predicted molar refractivity (Wildman–Crippen MR) is 60.8 cm³/mol. The summed E-state index contributed by atoms with van der Waals surface area (Å²) >= 11 is 0. The van der Waals surface area contributed by atoms with E-state index in [1.807, 2.05) is 26.0 Å². The first-order valence-corrected chi connectivity index (χ1v) is 4.81. The minimum absolute atomic E-state index is 0.00111. The third-order valence-electron chi connectivity index (χ3n) is 2.38. The smallest absolute Gasteiger partial charge is 0.253 e. The van der Waals surface area contributed by atoms with E-state index in [0.29, 0.717) is 12.1 Å². The maximum Gasteiger partial charge on any atom is 0.253 e. The van der Waals surface area contributed by atoms with Gasteiger partial charge in [-0.25, -0.2) is 5.01 Å². The maximum absolute atomic E-state index is 11.6. The molecule has 1 amide bonds. The molecule has 1 aromatic carbocycles. The predicted octanol–water partition coefficient (Wildman–Crippen LogP) is 1.69. The van der Waals surface area contributed by atoms with Gasteiger partial charge in [-0.3, -0.25) is 4.79 Å². The van der Waals surface area contributed by atoms with Gasteiger partial charge in [-0.1, -0.05) is 6.07 Å². The lowest BCUT2D eigenvalue weighted by Gasteiger charge is -2.14. The summed E-state index contributed by atoms with van der Waals surface area (Å²) in [6.07, 6.45) is 0.397. The van der Waals surface area contributed by atoms with Crippen molar-refractivity contribution in [3.05, 3.63) is 23.8 Å². The molecule has 0 aliphatic carbocycles. The molecule has 4 heteroatoms. The van der Waals surface area contributed by atoms with Crippen molar-refractivity contribution in [1.29, 1.82) is 0 Å². The van der Waals surface area contributed by atoms with Gasteiger partial charge in [0.05, 0.1) is 12.1 Å². The number of carbonyl (C=O) groups is 1. The van der Waals surface area contributed by atoms with Crippen molar-refractivity contribution in [3.8, 4) is 0 Å². The van der Waals surface area contributed by atoms with E-state index in [-0.39, 0.29) is 5.91 Å². The van der Waals surface area contributed by atoms with Crippen LogP contribution in [0.3, 0.4) is 0 Å². The molecule has 1 heterocycles. The van der Waals surface area contributed by atoms with Gasteiger partial charge in [0.15, 0.2) is 0 Å². The van der Waals surface area contributed by atoms with E-state index in [2.05, 4.69) is 5.10 Å². The van der Waals surface area contributed by atoms with Crippen LogP contribution in [0, 0.1) is 6.92 Å². The summed E-state index contributed by atoms with van der Waals surface area (Å²) in [4.78, 5) is 11.6. The van der Waals surface area contributed by atoms with Crippen LogP contribution in [0.4, 0.5) is 11.4 Å². The van der Waals surface area contributed by atoms with Gasteiger partial charge in [0.25, 0.3) is 5.91 Å². The minimum atomic E-state index is 0.00111. The summed E-state index contributed by atoms with van der Waals surface area (Å²) in [5.74, 6) is 0.00111. The number of anilines is 2. The second kappa shape index (κ2) is 3.38. The largest absolute Gasteiger partial charge is 0.399 e. The molecule has 1 aromatic rings. The highest BCUT2D eigenvalue weighted by Crippen LogP contribution is 2.26. The van der Waals surface area contributed by atoms with Crippen LogP contribution in [-0.4, -0.2) is 11.6 Å². The molecule has 1 aliphatic rings. The van der Waals surface area contributed by atoms with Crippen molar-refractivity contribution < 1.29 is 4.79 Å². The number of nitrogens with two attached hydrogens (primary N) is 1. The first-order chi connectivity index (χ1) is 7.08. The molecule has 0 unspecified atom stereocenters. The van der Waals surface area contributed by atoms with Crippen molar-refractivity contribution in [3.63, 3.8) is 0 Å². The third-order valence-corrected chi connectivity index (χ3v) is 2.38. The van der Waals surface area contributed by atoms with Crippen molar-refractivity contribution in [1.82, 2.24) is 0 Å². The van der Waals surface area contributed by atoms with Gasteiger partial charge >= 0.3 is 0 Å². The van der Waals surface area contributed by atoms with Crippen LogP contribution in [0.1, 0.15) is 18.9 Å². The van der Waals surface area contributed by atoms with Crippen LogP contribution in [0.5, 0.6) is 0 Å². The SMILES string of the molecule is CC1=NN(c2cc(N)ccc2C)C(=O)C1. The first kappa shape index (κ1) is 9.71. The van der Waals surface area contributed by atoms with Crippen molar-refractivity contribution in [2.24, 2.45) is 5.10 Å². The van der Waals surface area contributed by atoms with Crippen molar-refractivity contribution in [2.45, 2.75) is 20.3 Å². The molecule has 1 aliphatic heterocycles. The Morgan fingerprint density at radius 3 is 2.73 bits per heavy atom. The highest BCUT2D eigenvalue weighted by Gasteiger charge is 2.23. The average molecular weight is 203 g/mol. The normalized spacial score (nSPS) is 15.7. The number of hydrogen-bond donors (Lipinski definition) is 1. The first-order valence-electron chi connectivity index (χ1n) is 4.81. The van der Waals surface area contributed by atoms with E-state index in [0.717, 1.165) is 17.0 Å². The molecule has 0 fully saturated rings. The van der Waals surface area contributed by atoms with E-state index in [4.69, 9.17) is 5.73 Å². The van der Waals surface area contributed by atoms with Gasteiger partial charge in [-0.15, -0.1) is 0 Å². The molecule has 0 saturated carbocycles. The Labute approximate surface area is 88.4 Å². The number of hydrazone groups is 1. The standard InChI is InChI=1S/C11H13N3O/c1-7-3-4-9(12)6-10(7)14-11(15)5-8(2)13-14/h3-4,6H,5,12H2,1-2H3. The number of nitrogens with zero attached hydrogens (tertiary/aromatic N) is 2. The zero-order chi connectivity index (χ0) is 11.0. The molecule has 0 radical (unpaired) electrons. The summed E-state index contributed by atoms with van der Waals surface area (Å²) in [6, 6.07) is 5.48. The molecule has 0 saturated heterocycles. The van der Waals surface area contributed by atoms with E-state index in [1.54, 1.807) is 6.07 Å². The number of rotatable bonds is 1. The Kier molecular flexibility index (Phi) is 2.19. The highest BCUT2D eigenvalue weighted by molar-refractivity contribution is 6.12. The molecule has 78 valence electrons. The van der Waals surface area contributed by atoms with Gasteiger partial charge < -0.3 is 5.73 Å². The van der Waals surface area contributed by atoms with Crippen molar-refractivity contribution in [2.75, 3.05) is 10.7 Å². The van der Waals surface area contributed by atoms with Crippen LogP contribution >= 0.6 is 0 Å². The number of amides is 1. The lowest BCUT2D eigenvalue weighted by Crippen LogP contribution is -2.20. The topological polar surface area (TPSA) is 58.7 Å². The zero-order valence-electron chi connectivity index (χ0n) is 8.82. The van der Waals surface area contributed by atoms with E-state index >= 15 is 0 Å². The molecular weight excluding hydrogens is 190 g/mol. The summed E-state index contributed by atoms with van der Waals surface area (Å²) in [5.41, 5.74) is 8.94. The number of nitrogen functional groups attached to an aromatic ring is 1. The maximum atomic E-state index is 11.6. The monoisotopic (exact) mass is 203 g/mol. The minimum Gasteiger partial charge on any atom is -0.399 e. The van der Waals surface area contributed by atoms with Gasteiger partial charge in [-0.05, 0) is 31.5 Å².